The van der Waals surface area contributed by atoms with Crippen molar-refractivity contribution in [2.45, 2.75) is 56.7 Å². The standard InChI is InChI=1S/C25H32F3N3O/c1-2-9-22(29)23(32)31-15-8-7-14-24(16-30-17-25(26,27)28)20-12-5-3-10-18(20)19-11-4-6-13-21(19)24/h3-6,10-13,22,30H,2,7-9,14-17,29H2,1H3,(H,31,32). The molecule has 1 amide bonds. The van der Waals surface area contributed by atoms with Crippen LogP contribution in [-0.4, -0.2) is 37.8 Å². The van der Waals surface area contributed by atoms with Gasteiger partial charge < -0.3 is 16.4 Å². The summed E-state index contributed by atoms with van der Waals surface area (Å²) in [6.45, 7) is 1.67. The molecule has 0 aromatic heterocycles. The second-order valence-corrected chi connectivity index (χ2v) is 8.54. The average molecular weight is 448 g/mol. The summed E-state index contributed by atoms with van der Waals surface area (Å²) in [6, 6.07) is 15.4. The Kier molecular flexibility index (Phi) is 7.96. The number of unbranched alkanes of at least 4 members (excludes halogenated alkanes) is 1. The number of carbonyl (C=O) groups is 1. The number of amides is 1. The van der Waals surface area contributed by atoms with E-state index in [1.807, 2.05) is 55.5 Å². The van der Waals surface area contributed by atoms with E-state index < -0.39 is 24.2 Å². The van der Waals surface area contributed by atoms with Gasteiger partial charge in [0.25, 0.3) is 0 Å². The summed E-state index contributed by atoms with van der Waals surface area (Å²) in [7, 11) is 0. The van der Waals surface area contributed by atoms with Crippen LogP contribution in [0.4, 0.5) is 13.2 Å². The molecule has 0 saturated carbocycles. The fourth-order valence-electron chi connectivity index (χ4n) is 4.72. The van der Waals surface area contributed by atoms with Gasteiger partial charge in [-0.05, 0) is 41.5 Å². The van der Waals surface area contributed by atoms with Crippen LogP contribution in [0.5, 0.6) is 0 Å². The first kappa shape index (κ1) is 24.3. The van der Waals surface area contributed by atoms with Gasteiger partial charge in [0.15, 0.2) is 0 Å². The number of hydrogen-bond acceptors (Lipinski definition) is 3. The SMILES string of the molecule is CCCC(N)C(=O)NCCCCC1(CNCC(F)(F)F)c2ccccc2-c2ccccc21. The van der Waals surface area contributed by atoms with Gasteiger partial charge in [-0.2, -0.15) is 13.2 Å². The van der Waals surface area contributed by atoms with E-state index in [1.54, 1.807) is 0 Å². The molecule has 4 N–H and O–H groups in total. The molecule has 1 unspecified atom stereocenters. The van der Waals surface area contributed by atoms with Crippen LogP contribution in [0.25, 0.3) is 11.1 Å². The number of alkyl halides is 3. The van der Waals surface area contributed by atoms with Crippen molar-refractivity contribution in [3.8, 4) is 11.1 Å². The maximum Gasteiger partial charge on any atom is 0.401 e. The minimum absolute atomic E-state index is 0.148. The second kappa shape index (κ2) is 10.5. The van der Waals surface area contributed by atoms with E-state index in [4.69, 9.17) is 5.73 Å². The quantitative estimate of drug-likeness (QED) is 0.444. The molecule has 0 bridgehead atoms. The number of hydrogen-bond donors (Lipinski definition) is 3. The van der Waals surface area contributed by atoms with Gasteiger partial charge in [0, 0.05) is 18.5 Å². The van der Waals surface area contributed by atoms with Crippen LogP contribution in [0.2, 0.25) is 0 Å². The van der Waals surface area contributed by atoms with Gasteiger partial charge in [-0.15, -0.1) is 0 Å². The summed E-state index contributed by atoms with van der Waals surface area (Å²) in [5.74, 6) is -0.148. The van der Waals surface area contributed by atoms with Crippen LogP contribution in [0, 0.1) is 0 Å². The Hall–Kier alpha value is -2.38. The zero-order chi connectivity index (χ0) is 23.2. The number of nitrogens with one attached hydrogen (secondary N) is 2. The number of nitrogens with two attached hydrogens (primary N) is 1. The van der Waals surface area contributed by atoms with Crippen molar-refractivity contribution in [3.05, 3.63) is 59.7 Å². The fourth-order valence-corrected chi connectivity index (χ4v) is 4.72. The number of benzene rings is 2. The Morgan fingerprint density at radius 3 is 2.19 bits per heavy atom. The zero-order valence-electron chi connectivity index (χ0n) is 18.5. The lowest BCUT2D eigenvalue weighted by atomic mass is 9.74. The first-order valence-electron chi connectivity index (χ1n) is 11.3. The van der Waals surface area contributed by atoms with Crippen LogP contribution in [0.1, 0.15) is 50.2 Å². The molecule has 1 atom stereocenters. The number of carbonyl (C=O) groups excluding carboxylic acids is 1. The lowest BCUT2D eigenvalue weighted by Crippen LogP contribution is -2.42. The molecule has 4 nitrogen and oxygen atoms in total. The molecule has 0 radical (unpaired) electrons. The molecule has 7 heteroatoms. The summed E-state index contributed by atoms with van der Waals surface area (Å²) >= 11 is 0. The highest BCUT2D eigenvalue weighted by molar-refractivity contribution is 5.82. The summed E-state index contributed by atoms with van der Waals surface area (Å²) in [5, 5.41) is 5.54. The van der Waals surface area contributed by atoms with Gasteiger partial charge in [0.2, 0.25) is 5.91 Å². The average Bonchev–Trinajstić information content (AvgIpc) is 3.03. The molecule has 174 valence electrons. The second-order valence-electron chi connectivity index (χ2n) is 8.54. The van der Waals surface area contributed by atoms with Crippen molar-refractivity contribution < 1.29 is 18.0 Å². The molecule has 0 spiro atoms. The molecule has 1 aliphatic carbocycles. The van der Waals surface area contributed by atoms with Crippen LogP contribution in [0.3, 0.4) is 0 Å². The predicted octanol–water partition coefficient (Wildman–Crippen LogP) is 4.52. The van der Waals surface area contributed by atoms with Crippen molar-refractivity contribution in [1.29, 1.82) is 0 Å². The normalized spacial score (nSPS) is 15.2. The Labute approximate surface area is 187 Å². The van der Waals surface area contributed by atoms with Gasteiger partial charge in [0.1, 0.15) is 0 Å². The van der Waals surface area contributed by atoms with Crippen molar-refractivity contribution in [2.75, 3.05) is 19.6 Å². The summed E-state index contributed by atoms with van der Waals surface area (Å²) < 4.78 is 38.6. The summed E-state index contributed by atoms with van der Waals surface area (Å²) in [4.78, 5) is 12.0. The van der Waals surface area contributed by atoms with E-state index >= 15 is 0 Å². The topological polar surface area (TPSA) is 67.2 Å². The lowest BCUT2D eigenvalue weighted by molar-refractivity contribution is -0.125. The van der Waals surface area contributed by atoms with Crippen molar-refractivity contribution in [1.82, 2.24) is 10.6 Å². The highest BCUT2D eigenvalue weighted by Gasteiger charge is 2.42. The molecule has 1 aliphatic rings. The molecule has 0 fully saturated rings. The highest BCUT2D eigenvalue weighted by Crippen LogP contribution is 2.51. The number of halogens is 3. The van der Waals surface area contributed by atoms with Crippen LogP contribution < -0.4 is 16.4 Å². The third-order valence-electron chi connectivity index (χ3n) is 6.19. The third kappa shape index (κ3) is 5.51. The molecular formula is C25H32F3N3O. The van der Waals surface area contributed by atoms with Gasteiger partial charge in [0.05, 0.1) is 12.6 Å². The lowest BCUT2D eigenvalue weighted by Gasteiger charge is -2.33. The van der Waals surface area contributed by atoms with E-state index in [2.05, 4.69) is 10.6 Å². The Balaban J connectivity index is 1.74. The molecular weight excluding hydrogens is 415 g/mol. The molecule has 3 rings (SSSR count). The maximum absolute atomic E-state index is 12.9. The fraction of sp³-hybridized carbons (Fsp3) is 0.480. The summed E-state index contributed by atoms with van der Waals surface area (Å²) in [6.07, 6.45) is -0.590. The first-order chi connectivity index (χ1) is 15.3. The molecule has 2 aromatic rings. The minimum Gasteiger partial charge on any atom is -0.355 e. The third-order valence-corrected chi connectivity index (χ3v) is 6.19. The van der Waals surface area contributed by atoms with E-state index in [0.717, 1.165) is 41.5 Å². The maximum atomic E-state index is 12.9. The van der Waals surface area contributed by atoms with Crippen LogP contribution >= 0.6 is 0 Å². The van der Waals surface area contributed by atoms with Gasteiger partial charge in [-0.3, -0.25) is 4.79 Å². The number of rotatable bonds is 11. The van der Waals surface area contributed by atoms with Crippen molar-refractivity contribution >= 4 is 5.91 Å². The van der Waals surface area contributed by atoms with Crippen LogP contribution in [0.15, 0.2) is 48.5 Å². The first-order valence-corrected chi connectivity index (χ1v) is 11.3. The van der Waals surface area contributed by atoms with Crippen LogP contribution in [-0.2, 0) is 10.2 Å². The largest absolute Gasteiger partial charge is 0.401 e. The smallest absolute Gasteiger partial charge is 0.355 e. The zero-order valence-corrected chi connectivity index (χ0v) is 18.5. The van der Waals surface area contributed by atoms with E-state index in [1.165, 1.54) is 0 Å². The van der Waals surface area contributed by atoms with E-state index in [0.29, 0.717) is 19.4 Å². The predicted molar refractivity (Wildman–Crippen MR) is 121 cm³/mol. The molecule has 0 aliphatic heterocycles. The Bertz CT molecular complexity index is 868. The Morgan fingerprint density at radius 2 is 1.62 bits per heavy atom. The van der Waals surface area contributed by atoms with Gasteiger partial charge in [-0.1, -0.05) is 68.3 Å². The minimum atomic E-state index is -4.26. The summed E-state index contributed by atoms with van der Waals surface area (Å²) in [5.41, 5.74) is 9.59. The molecule has 0 heterocycles. The van der Waals surface area contributed by atoms with Crippen molar-refractivity contribution in [3.63, 3.8) is 0 Å². The number of fused-ring (bicyclic) bond motifs is 3. The van der Waals surface area contributed by atoms with E-state index in [-0.39, 0.29) is 12.5 Å². The molecule has 2 aromatic carbocycles. The van der Waals surface area contributed by atoms with Gasteiger partial charge in [-0.25, -0.2) is 0 Å². The molecule has 0 saturated heterocycles. The Morgan fingerprint density at radius 1 is 1.03 bits per heavy atom. The van der Waals surface area contributed by atoms with E-state index in [9.17, 15) is 18.0 Å². The monoisotopic (exact) mass is 447 g/mol. The van der Waals surface area contributed by atoms with Crippen molar-refractivity contribution in [2.24, 2.45) is 5.73 Å². The highest BCUT2D eigenvalue weighted by atomic mass is 19.4. The van der Waals surface area contributed by atoms with Gasteiger partial charge >= 0.3 is 6.18 Å². The molecule has 32 heavy (non-hydrogen) atoms.